The number of allylic oxidation sites excluding steroid dienone is 1. The smallest absolute Gasteiger partial charge is 0.376 e. The molecule has 0 rings (SSSR count). The minimum absolute atomic E-state index is 0.222. The number of carboxylic acids is 1. The van der Waals surface area contributed by atoms with Gasteiger partial charge in [-0.1, -0.05) is 64.4 Å². The van der Waals surface area contributed by atoms with Gasteiger partial charge in [0.2, 0.25) is 0 Å². The average molecular weight is 312 g/mol. The quantitative estimate of drug-likeness (QED) is 0.269. The molecule has 128 valence electrons. The lowest BCUT2D eigenvalue weighted by molar-refractivity contribution is -0.146. The Morgan fingerprint density at radius 3 is 2.05 bits per heavy atom. The monoisotopic (exact) mass is 312 g/mol. The van der Waals surface area contributed by atoms with Gasteiger partial charge in [-0.05, 0) is 31.8 Å². The van der Waals surface area contributed by atoms with Crippen LogP contribution >= 0.6 is 0 Å². The van der Waals surface area contributed by atoms with Gasteiger partial charge in [-0.15, -0.1) is 0 Å². The molecule has 4 heteroatoms. The molecule has 0 fully saturated rings. The Kier molecular flexibility index (Phi) is 14.0. The molecule has 0 aromatic carbocycles. The molecule has 0 aliphatic heterocycles. The van der Waals surface area contributed by atoms with Crippen LogP contribution in [0.3, 0.4) is 0 Å². The van der Waals surface area contributed by atoms with Gasteiger partial charge in [0, 0.05) is 0 Å². The molecule has 1 atom stereocenters. The van der Waals surface area contributed by atoms with E-state index in [1.807, 2.05) is 0 Å². The van der Waals surface area contributed by atoms with Gasteiger partial charge < -0.3 is 10.2 Å². The van der Waals surface area contributed by atoms with Crippen LogP contribution < -0.4 is 0 Å². The largest absolute Gasteiger partial charge is 0.475 e. The SMILES string of the molecule is CCCCCCCCC[C@H](O)CCCCC=CC(=O)C(=O)O. The number of hydrogen-bond acceptors (Lipinski definition) is 3. The third-order valence-corrected chi connectivity index (χ3v) is 3.78. The summed E-state index contributed by atoms with van der Waals surface area (Å²) in [6.45, 7) is 2.22. The first kappa shape index (κ1) is 20.8. The lowest BCUT2D eigenvalue weighted by atomic mass is 10.0. The number of rotatable bonds is 15. The summed E-state index contributed by atoms with van der Waals surface area (Å²) in [4.78, 5) is 21.1. The highest BCUT2D eigenvalue weighted by Crippen LogP contribution is 2.13. The van der Waals surface area contributed by atoms with Crippen molar-refractivity contribution in [1.82, 2.24) is 0 Å². The van der Waals surface area contributed by atoms with Crippen LogP contribution in [-0.4, -0.2) is 28.1 Å². The number of ketones is 1. The molecule has 0 aromatic heterocycles. The molecule has 0 unspecified atom stereocenters. The molecule has 0 saturated carbocycles. The zero-order valence-corrected chi connectivity index (χ0v) is 13.9. The van der Waals surface area contributed by atoms with Crippen LogP contribution in [0.1, 0.15) is 84.0 Å². The topological polar surface area (TPSA) is 74.6 Å². The highest BCUT2D eigenvalue weighted by Gasteiger charge is 2.05. The van der Waals surface area contributed by atoms with E-state index in [9.17, 15) is 14.7 Å². The van der Waals surface area contributed by atoms with Crippen molar-refractivity contribution in [3.63, 3.8) is 0 Å². The van der Waals surface area contributed by atoms with Gasteiger partial charge in [-0.3, -0.25) is 4.79 Å². The van der Waals surface area contributed by atoms with Crippen LogP contribution in [0, 0.1) is 0 Å². The van der Waals surface area contributed by atoms with Gasteiger partial charge in [-0.25, -0.2) is 4.79 Å². The zero-order chi connectivity index (χ0) is 16.6. The summed E-state index contributed by atoms with van der Waals surface area (Å²) < 4.78 is 0. The molecule has 4 nitrogen and oxygen atoms in total. The molecule has 0 bridgehead atoms. The molecule has 0 saturated heterocycles. The van der Waals surface area contributed by atoms with Gasteiger partial charge in [0.25, 0.3) is 5.78 Å². The molecule has 0 aliphatic rings. The van der Waals surface area contributed by atoms with E-state index in [-0.39, 0.29) is 6.10 Å². The molecular weight excluding hydrogens is 280 g/mol. The van der Waals surface area contributed by atoms with Crippen molar-refractivity contribution in [3.05, 3.63) is 12.2 Å². The zero-order valence-electron chi connectivity index (χ0n) is 13.9. The van der Waals surface area contributed by atoms with E-state index in [2.05, 4.69) is 6.92 Å². The van der Waals surface area contributed by atoms with Gasteiger partial charge in [0.15, 0.2) is 0 Å². The number of carboxylic acid groups (broad SMARTS) is 1. The number of aliphatic hydroxyl groups is 1. The second-order valence-corrected chi connectivity index (χ2v) is 5.92. The minimum Gasteiger partial charge on any atom is -0.475 e. The fourth-order valence-electron chi connectivity index (χ4n) is 2.39. The van der Waals surface area contributed by atoms with Crippen molar-refractivity contribution in [2.24, 2.45) is 0 Å². The van der Waals surface area contributed by atoms with Crippen molar-refractivity contribution in [2.45, 2.75) is 90.1 Å². The Balaban J connectivity index is 3.37. The molecule has 2 N–H and O–H groups in total. The lowest BCUT2D eigenvalue weighted by Crippen LogP contribution is -2.08. The van der Waals surface area contributed by atoms with Crippen LogP contribution in [0.15, 0.2) is 12.2 Å². The normalized spacial score (nSPS) is 12.6. The number of aliphatic hydroxyl groups excluding tert-OH is 1. The number of unbranched alkanes of at least 4 members (excludes halogenated alkanes) is 8. The van der Waals surface area contributed by atoms with Gasteiger partial charge in [0.1, 0.15) is 0 Å². The van der Waals surface area contributed by atoms with Crippen LogP contribution in [0.2, 0.25) is 0 Å². The van der Waals surface area contributed by atoms with E-state index in [1.165, 1.54) is 38.5 Å². The molecule has 0 amide bonds. The van der Waals surface area contributed by atoms with E-state index in [0.29, 0.717) is 6.42 Å². The highest BCUT2D eigenvalue weighted by atomic mass is 16.4. The molecule has 0 heterocycles. The molecular formula is C18H32O4. The summed E-state index contributed by atoms with van der Waals surface area (Å²) in [6.07, 6.45) is 15.4. The summed E-state index contributed by atoms with van der Waals surface area (Å²) >= 11 is 0. The number of aliphatic carboxylic acids is 1. The predicted octanol–water partition coefficient (Wildman–Crippen LogP) is 4.26. The first-order valence-corrected chi connectivity index (χ1v) is 8.69. The van der Waals surface area contributed by atoms with Crippen molar-refractivity contribution in [3.8, 4) is 0 Å². The third-order valence-electron chi connectivity index (χ3n) is 3.78. The van der Waals surface area contributed by atoms with Gasteiger partial charge in [-0.2, -0.15) is 0 Å². The Labute approximate surface area is 134 Å². The second kappa shape index (κ2) is 14.8. The second-order valence-electron chi connectivity index (χ2n) is 5.92. The van der Waals surface area contributed by atoms with Crippen LogP contribution in [-0.2, 0) is 9.59 Å². The van der Waals surface area contributed by atoms with Crippen molar-refractivity contribution < 1.29 is 19.8 Å². The minimum atomic E-state index is -1.42. The Morgan fingerprint density at radius 1 is 0.909 bits per heavy atom. The summed E-state index contributed by atoms with van der Waals surface area (Å²) in [6, 6.07) is 0. The summed E-state index contributed by atoms with van der Waals surface area (Å²) in [5.41, 5.74) is 0. The lowest BCUT2D eigenvalue weighted by Gasteiger charge is -2.09. The molecule has 0 radical (unpaired) electrons. The summed E-state index contributed by atoms with van der Waals surface area (Å²) in [5.74, 6) is -2.29. The number of carbonyl (C=O) groups is 2. The maximum absolute atomic E-state index is 10.8. The Morgan fingerprint density at radius 2 is 1.45 bits per heavy atom. The van der Waals surface area contributed by atoms with E-state index in [4.69, 9.17) is 5.11 Å². The Bertz CT molecular complexity index is 323. The highest BCUT2D eigenvalue weighted by molar-refractivity contribution is 6.37. The molecule has 0 aromatic rings. The van der Waals surface area contributed by atoms with Crippen molar-refractivity contribution in [1.29, 1.82) is 0 Å². The van der Waals surface area contributed by atoms with E-state index in [0.717, 1.165) is 38.2 Å². The standard InChI is InChI=1S/C18H32O4/c1-2-3-4-5-6-7-10-13-16(19)14-11-8-9-12-15-17(20)18(21)22/h12,15-16,19H,2-11,13-14H2,1H3,(H,21,22)/t16-/m0/s1. The van der Waals surface area contributed by atoms with E-state index >= 15 is 0 Å². The molecule has 22 heavy (non-hydrogen) atoms. The van der Waals surface area contributed by atoms with Gasteiger partial charge >= 0.3 is 5.97 Å². The first-order valence-electron chi connectivity index (χ1n) is 8.69. The van der Waals surface area contributed by atoms with Crippen LogP contribution in [0.5, 0.6) is 0 Å². The van der Waals surface area contributed by atoms with Crippen molar-refractivity contribution in [2.75, 3.05) is 0 Å². The molecule has 0 spiro atoms. The summed E-state index contributed by atoms with van der Waals surface area (Å²) in [7, 11) is 0. The number of carbonyl (C=O) groups excluding carboxylic acids is 1. The van der Waals surface area contributed by atoms with Crippen LogP contribution in [0.4, 0.5) is 0 Å². The fraction of sp³-hybridized carbons (Fsp3) is 0.778. The first-order chi connectivity index (χ1) is 10.6. The number of hydrogen-bond donors (Lipinski definition) is 2. The molecule has 0 aliphatic carbocycles. The summed E-state index contributed by atoms with van der Waals surface area (Å²) in [5, 5.41) is 18.2. The van der Waals surface area contributed by atoms with Crippen molar-refractivity contribution >= 4 is 11.8 Å². The van der Waals surface area contributed by atoms with E-state index < -0.39 is 11.8 Å². The average Bonchev–Trinajstić information content (AvgIpc) is 2.49. The van der Waals surface area contributed by atoms with E-state index in [1.54, 1.807) is 6.08 Å². The Hall–Kier alpha value is -1.16. The third kappa shape index (κ3) is 13.8. The van der Waals surface area contributed by atoms with Crippen LogP contribution in [0.25, 0.3) is 0 Å². The maximum atomic E-state index is 10.8. The maximum Gasteiger partial charge on any atom is 0.376 e. The van der Waals surface area contributed by atoms with Gasteiger partial charge in [0.05, 0.1) is 6.10 Å². The fourth-order valence-corrected chi connectivity index (χ4v) is 2.39. The predicted molar refractivity (Wildman–Crippen MR) is 88.9 cm³/mol.